The number of nitrogens with zero attached hydrogens (tertiary/aromatic N) is 2. The third kappa shape index (κ3) is 3.79. The van der Waals surface area contributed by atoms with Gasteiger partial charge in [0, 0.05) is 36.0 Å². The molecule has 1 aliphatic rings. The summed E-state index contributed by atoms with van der Waals surface area (Å²) in [5.74, 6) is -0.789. The summed E-state index contributed by atoms with van der Waals surface area (Å²) in [6, 6.07) is 10.7. The largest absolute Gasteiger partial charge is 0.369 e. The molecule has 1 aliphatic heterocycles. The maximum absolute atomic E-state index is 12.8. The summed E-state index contributed by atoms with van der Waals surface area (Å²) in [6.07, 6.45) is 3.03. The van der Waals surface area contributed by atoms with Crippen molar-refractivity contribution in [1.82, 2.24) is 9.88 Å². The molecule has 1 saturated heterocycles. The SMILES string of the molecule is CC(=O)c1ccc(-c2cccc(C(=O)N3CCCC(C(N)=O)C3)c2)nc1. The number of nitrogens with two attached hydrogens (primary N) is 1. The van der Waals surface area contributed by atoms with Gasteiger partial charge in [-0.05, 0) is 44.0 Å². The van der Waals surface area contributed by atoms with Crippen LogP contribution in [-0.4, -0.2) is 40.6 Å². The van der Waals surface area contributed by atoms with Gasteiger partial charge >= 0.3 is 0 Å². The molecule has 3 rings (SSSR count). The molecule has 2 amide bonds. The molecule has 6 heteroatoms. The van der Waals surface area contributed by atoms with E-state index in [-0.39, 0.29) is 23.5 Å². The summed E-state index contributed by atoms with van der Waals surface area (Å²) in [5, 5.41) is 0. The first-order chi connectivity index (χ1) is 12.5. The number of ketones is 1. The summed E-state index contributed by atoms with van der Waals surface area (Å²) >= 11 is 0. The van der Waals surface area contributed by atoms with E-state index in [0.29, 0.717) is 29.9 Å². The van der Waals surface area contributed by atoms with E-state index in [1.165, 1.54) is 13.1 Å². The van der Waals surface area contributed by atoms with Crippen LogP contribution in [0.1, 0.15) is 40.5 Å². The monoisotopic (exact) mass is 351 g/mol. The molecule has 6 nitrogen and oxygen atoms in total. The van der Waals surface area contributed by atoms with E-state index in [2.05, 4.69) is 4.98 Å². The molecule has 0 saturated carbocycles. The van der Waals surface area contributed by atoms with E-state index < -0.39 is 0 Å². The maximum atomic E-state index is 12.8. The Labute approximate surface area is 152 Å². The zero-order valence-corrected chi connectivity index (χ0v) is 14.6. The van der Waals surface area contributed by atoms with Crippen LogP contribution in [0.25, 0.3) is 11.3 Å². The van der Waals surface area contributed by atoms with Crippen molar-refractivity contribution in [3.8, 4) is 11.3 Å². The van der Waals surface area contributed by atoms with Crippen LogP contribution in [-0.2, 0) is 4.79 Å². The normalized spacial score (nSPS) is 17.0. The molecular formula is C20H21N3O3. The van der Waals surface area contributed by atoms with Crippen molar-refractivity contribution >= 4 is 17.6 Å². The number of Topliss-reactive ketones (excluding diaryl/α,β-unsaturated/α-hetero) is 1. The van der Waals surface area contributed by atoms with E-state index in [1.54, 1.807) is 35.2 Å². The van der Waals surface area contributed by atoms with Crippen molar-refractivity contribution in [3.63, 3.8) is 0 Å². The summed E-state index contributed by atoms with van der Waals surface area (Å²) in [6.45, 7) is 2.48. The zero-order chi connectivity index (χ0) is 18.7. The topological polar surface area (TPSA) is 93.4 Å². The predicted octanol–water partition coefficient (Wildman–Crippen LogP) is 2.29. The van der Waals surface area contributed by atoms with Crippen molar-refractivity contribution in [1.29, 1.82) is 0 Å². The summed E-state index contributed by atoms with van der Waals surface area (Å²) < 4.78 is 0. The van der Waals surface area contributed by atoms with Crippen molar-refractivity contribution < 1.29 is 14.4 Å². The number of pyridine rings is 1. The van der Waals surface area contributed by atoms with Gasteiger partial charge in [0.2, 0.25) is 5.91 Å². The third-order valence-electron chi connectivity index (χ3n) is 4.69. The Kier molecular flexibility index (Phi) is 5.11. The molecule has 0 aliphatic carbocycles. The number of piperidine rings is 1. The smallest absolute Gasteiger partial charge is 0.253 e. The van der Waals surface area contributed by atoms with Gasteiger partial charge in [-0.1, -0.05) is 12.1 Å². The van der Waals surface area contributed by atoms with E-state index in [1.807, 2.05) is 6.07 Å². The van der Waals surface area contributed by atoms with Gasteiger partial charge in [-0.2, -0.15) is 0 Å². The lowest BCUT2D eigenvalue weighted by molar-refractivity contribution is -0.123. The first-order valence-electron chi connectivity index (χ1n) is 8.61. The molecule has 1 unspecified atom stereocenters. The van der Waals surface area contributed by atoms with Crippen molar-refractivity contribution in [2.45, 2.75) is 19.8 Å². The minimum Gasteiger partial charge on any atom is -0.369 e. The van der Waals surface area contributed by atoms with E-state index >= 15 is 0 Å². The average Bonchev–Trinajstić information content (AvgIpc) is 2.67. The Bertz CT molecular complexity index is 846. The van der Waals surface area contributed by atoms with Crippen LogP contribution in [0, 0.1) is 5.92 Å². The number of carbonyl (C=O) groups excluding carboxylic acids is 3. The summed E-state index contributed by atoms with van der Waals surface area (Å²) in [4.78, 5) is 41.6. The van der Waals surface area contributed by atoms with Crippen LogP contribution in [0.5, 0.6) is 0 Å². The maximum Gasteiger partial charge on any atom is 0.253 e. The second-order valence-corrected chi connectivity index (χ2v) is 6.56. The molecule has 2 N–H and O–H groups in total. The fourth-order valence-corrected chi connectivity index (χ4v) is 3.16. The van der Waals surface area contributed by atoms with E-state index in [4.69, 9.17) is 5.73 Å². The van der Waals surface area contributed by atoms with E-state index in [9.17, 15) is 14.4 Å². The lowest BCUT2D eigenvalue weighted by atomic mass is 9.96. The number of carbonyl (C=O) groups is 3. The van der Waals surface area contributed by atoms with Crippen LogP contribution in [0.15, 0.2) is 42.6 Å². The highest BCUT2D eigenvalue weighted by molar-refractivity contribution is 5.96. The quantitative estimate of drug-likeness (QED) is 0.855. The molecule has 1 fully saturated rings. The Hall–Kier alpha value is -3.02. The summed E-state index contributed by atoms with van der Waals surface area (Å²) in [5.41, 5.74) is 7.98. The minimum absolute atomic E-state index is 0.0397. The number of amides is 2. The number of primary amides is 1. The Morgan fingerprint density at radius 2 is 1.96 bits per heavy atom. The van der Waals surface area contributed by atoms with Crippen LogP contribution < -0.4 is 5.73 Å². The van der Waals surface area contributed by atoms with Gasteiger partial charge < -0.3 is 10.6 Å². The average molecular weight is 351 g/mol. The van der Waals surface area contributed by atoms with Gasteiger partial charge in [0.1, 0.15) is 0 Å². The van der Waals surface area contributed by atoms with Crippen LogP contribution in [0.4, 0.5) is 0 Å². The molecule has 1 atom stereocenters. The molecule has 2 aromatic rings. The lowest BCUT2D eigenvalue weighted by Crippen LogP contribution is -2.44. The van der Waals surface area contributed by atoms with Crippen molar-refractivity contribution in [2.75, 3.05) is 13.1 Å². The third-order valence-corrected chi connectivity index (χ3v) is 4.69. The van der Waals surface area contributed by atoms with Crippen molar-refractivity contribution in [2.24, 2.45) is 11.7 Å². The number of aromatic nitrogens is 1. The Balaban J connectivity index is 1.81. The zero-order valence-electron chi connectivity index (χ0n) is 14.6. The molecule has 1 aromatic carbocycles. The first-order valence-corrected chi connectivity index (χ1v) is 8.61. The fourth-order valence-electron chi connectivity index (χ4n) is 3.16. The van der Waals surface area contributed by atoms with Crippen LogP contribution in [0.3, 0.4) is 0 Å². The fraction of sp³-hybridized carbons (Fsp3) is 0.300. The first kappa shape index (κ1) is 17.8. The van der Waals surface area contributed by atoms with Gasteiger partial charge in [-0.3, -0.25) is 19.4 Å². The van der Waals surface area contributed by atoms with Gasteiger partial charge in [-0.15, -0.1) is 0 Å². The number of likely N-dealkylation sites (tertiary alicyclic amines) is 1. The second kappa shape index (κ2) is 7.47. The molecule has 0 radical (unpaired) electrons. The highest BCUT2D eigenvalue weighted by Gasteiger charge is 2.27. The highest BCUT2D eigenvalue weighted by Crippen LogP contribution is 2.22. The highest BCUT2D eigenvalue weighted by atomic mass is 16.2. The van der Waals surface area contributed by atoms with E-state index in [0.717, 1.165) is 18.4 Å². The predicted molar refractivity (Wildman–Crippen MR) is 97.5 cm³/mol. The second-order valence-electron chi connectivity index (χ2n) is 6.56. The molecule has 1 aromatic heterocycles. The van der Waals surface area contributed by atoms with Gasteiger partial charge in [0.25, 0.3) is 5.91 Å². The Morgan fingerprint density at radius 3 is 2.62 bits per heavy atom. The van der Waals surface area contributed by atoms with Crippen molar-refractivity contribution in [3.05, 3.63) is 53.7 Å². The van der Waals surface area contributed by atoms with Gasteiger partial charge in [-0.25, -0.2) is 0 Å². The van der Waals surface area contributed by atoms with Gasteiger partial charge in [0.15, 0.2) is 5.78 Å². The van der Waals surface area contributed by atoms with Gasteiger partial charge in [0.05, 0.1) is 11.6 Å². The van der Waals surface area contributed by atoms with Crippen LogP contribution >= 0.6 is 0 Å². The number of hydrogen-bond donors (Lipinski definition) is 1. The molecule has 2 heterocycles. The summed E-state index contributed by atoms with van der Waals surface area (Å²) in [7, 11) is 0. The standard InChI is InChI=1S/C20H21N3O3/c1-13(24)16-7-8-18(22-11-16)14-4-2-5-15(10-14)20(26)23-9-3-6-17(12-23)19(21)25/h2,4-5,7-8,10-11,17H,3,6,9,12H2,1H3,(H2,21,25). The van der Waals surface area contributed by atoms with Crippen LogP contribution in [0.2, 0.25) is 0 Å². The molecule has 0 bridgehead atoms. The number of hydrogen-bond acceptors (Lipinski definition) is 4. The molecule has 26 heavy (non-hydrogen) atoms. The minimum atomic E-state index is -0.356. The number of rotatable bonds is 4. The molecule has 134 valence electrons. The Morgan fingerprint density at radius 1 is 1.15 bits per heavy atom. The lowest BCUT2D eigenvalue weighted by Gasteiger charge is -2.31. The molecule has 0 spiro atoms. The molecular weight excluding hydrogens is 330 g/mol. The number of benzene rings is 1.